The molecule has 0 amide bonds. The van der Waals surface area contributed by atoms with Crippen LogP contribution in [0.5, 0.6) is 0 Å². The van der Waals surface area contributed by atoms with Gasteiger partial charge in [0.25, 0.3) is 0 Å². The van der Waals surface area contributed by atoms with Gasteiger partial charge in [-0.1, -0.05) is 12.1 Å². The van der Waals surface area contributed by atoms with E-state index in [0.717, 1.165) is 4.88 Å². The highest BCUT2D eigenvalue weighted by atomic mass is 32.1. The maximum absolute atomic E-state index is 11.4. The van der Waals surface area contributed by atoms with Gasteiger partial charge in [0.1, 0.15) is 5.65 Å². The van der Waals surface area contributed by atoms with Crippen molar-refractivity contribution in [2.75, 3.05) is 0 Å². The van der Waals surface area contributed by atoms with Crippen LogP contribution in [-0.2, 0) is 6.42 Å². The minimum atomic E-state index is -0.944. The Kier molecular flexibility index (Phi) is 2.60. The van der Waals surface area contributed by atoms with Crippen LogP contribution in [0.15, 0.2) is 41.9 Å². The summed E-state index contributed by atoms with van der Waals surface area (Å²) in [5.41, 5.74) is 1.52. The number of fused-ring (bicyclic) bond motifs is 1. The molecule has 0 atom stereocenters. The Morgan fingerprint density at radius 2 is 2.22 bits per heavy atom. The number of thiophene rings is 1. The molecule has 5 heteroatoms. The van der Waals surface area contributed by atoms with Gasteiger partial charge in [-0.3, -0.25) is 4.40 Å². The van der Waals surface area contributed by atoms with Crippen molar-refractivity contribution >= 4 is 23.0 Å². The number of carboxylic acids is 1. The molecule has 4 nitrogen and oxygen atoms in total. The van der Waals surface area contributed by atoms with Crippen molar-refractivity contribution in [1.29, 1.82) is 0 Å². The lowest BCUT2D eigenvalue weighted by Gasteiger charge is -1.98. The van der Waals surface area contributed by atoms with E-state index in [1.54, 1.807) is 28.0 Å². The van der Waals surface area contributed by atoms with Crippen molar-refractivity contribution in [2.45, 2.75) is 6.42 Å². The van der Waals surface area contributed by atoms with Crippen molar-refractivity contribution in [3.05, 3.63) is 58.2 Å². The Labute approximate surface area is 107 Å². The molecule has 0 saturated heterocycles. The van der Waals surface area contributed by atoms with Crippen LogP contribution in [0.4, 0.5) is 0 Å². The number of aromatic nitrogens is 2. The highest BCUT2D eigenvalue weighted by Crippen LogP contribution is 2.19. The molecule has 3 heterocycles. The summed E-state index contributed by atoms with van der Waals surface area (Å²) in [6.45, 7) is 0. The van der Waals surface area contributed by atoms with Crippen molar-refractivity contribution in [1.82, 2.24) is 9.38 Å². The van der Waals surface area contributed by atoms with Gasteiger partial charge in [-0.2, -0.15) is 0 Å². The minimum absolute atomic E-state index is 0.249. The molecular formula is C13H10N2O2S. The van der Waals surface area contributed by atoms with E-state index in [0.29, 0.717) is 17.8 Å². The van der Waals surface area contributed by atoms with Gasteiger partial charge in [0, 0.05) is 17.5 Å². The van der Waals surface area contributed by atoms with Crippen LogP contribution >= 0.6 is 11.3 Å². The molecular weight excluding hydrogens is 248 g/mol. The van der Waals surface area contributed by atoms with Crippen molar-refractivity contribution in [3.63, 3.8) is 0 Å². The summed E-state index contributed by atoms with van der Waals surface area (Å²) in [5, 5.41) is 11.3. The van der Waals surface area contributed by atoms with Crippen molar-refractivity contribution < 1.29 is 9.90 Å². The summed E-state index contributed by atoms with van der Waals surface area (Å²) in [6, 6.07) is 9.40. The number of nitrogens with zero attached hydrogens (tertiary/aromatic N) is 2. The van der Waals surface area contributed by atoms with Gasteiger partial charge >= 0.3 is 5.97 Å². The van der Waals surface area contributed by atoms with Gasteiger partial charge in [0.15, 0.2) is 5.69 Å². The first-order valence-electron chi connectivity index (χ1n) is 5.47. The first-order valence-corrected chi connectivity index (χ1v) is 6.35. The molecule has 0 aliphatic heterocycles. The highest BCUT2D eigenvalue weighted by Gasteiger charge is 2.18. The molecule has 0 aliphatic carbocycles. The van der Waals surface area contributed by atoms with E-state index in [2.05, 4.69) is 4.98 Å². The molecule has 1 N–H and O–H groups in total. The number of carbonyl (C=O) groups is 1. The zero-order chi connectivity index (χ0) is 12.5. The summed E-state index contributed by atoms with van der Waals surface area (Å²) < 4.78 is 1.62. The number of hydrogen-bond acceptors (Lipinski definition) is 3. The lowest BCUT2D eigenvalue weighted by Crippen LogP contribution is -2.05. The summed E-state index contributed by atoms with van der Waals surface area (Å²) in [6.07, 6.45) is 2.28. The molecule has 0 radical (unpaired) electrons. The average molecular weight is 258 g/mol. The molecule has 3 aromatic rings. The maximum atomic E-state index is 11.4. The molecule has 0 spiro atoms. The minimum Gasteiger partial charge on any atom is -0.477 e. The Morgan fingerprint density at radius 1 is 1.33 bits per heavy atom. The number of imidazole rings is 1. The maximum Gasteiger partial charge on any atom is 0.354 e. The fourth-order valence-corrected chi connectivity index (χ4v) is 2.68. The molecule has 0 fully saturated rings. The first kappa shape index (κ1) is 11.0. The van der Waals surface area contributed by atoms with Crippen LogP contribution in [0.3, 0.4) is 0 Å². The van der Waals surface area contributed by atoms with Crippen LogP contribution in [0, 0.1) is 0 Å². The predicted octanol–water partition coefficient (Wildman–Crippen LogP) is 2.68. The van der Waals surface area contributed by atoms with E-state index in [1.165, 1.54) is 0 Å². The van der Waals surface area contributed by atoms with Crippen LogP contribution in [-0.4, -0.2) is 20.5 Å². The number of rotatable bonds is 3. The standard InChI is InChI=1S/C13H10N2O2S/c16-13(17)12-10(8-9-4-3-7-18-9)14-11-5-1-2-6-15(11)12/h1-7H,8H2,(H,16,17). The SMILES string of the molecule is O=C(O)c1c(Cc2cccs2)nc2ccccn12. The first-order chi connectivity index (χ1) is 8.75. The molecule has 0 aromatic carbocycles. The number of hydrogen-bond donors (Lipinski definition) is 1. The van der Waals surface area contributed by atoms with Crippen molar-refractivity contribution in [3.8, 4) is 0 Å². The van der Waals surface area contributed by atoms with E-state index in [4.69, 9.17) is 0 Å². The number of carboxylic acid groups (broad SMARTS) is 1. The Balaban J connectivity index is 2.16. The third kappa shape index (κ3) is 1.78. The number of pyridine rings is 1. The lowest BCUT2D eigenvalue weighted by molar-refractivity contribution is 0.0688. The van der Waals surface area contributed by atoms with Gasteiger partial charge in [0.2, 0.25) is 0 Å². The second kappa shape index (κ2) is 4.27. The van der Waals surface area contributed by atoms with Crippen molar-refractivity contribution in [2.24, 2.45) is 0 Å². The van der Waals surface area contributed by atoms with Gasteiger partial charge in [-0.15, -0.1) is 11.3 Å². The van der Waals surface area contributed by atoms with Crippen LogP contribution < -0.4 is 0 Å². The van der Waals surface area contributed by atoms with E-state index >= 15 is 0 Å². The number of aromatic carboxylic acids is 1. The Bertz CT molecular complexity index is 701. The van der Waals surface area contributed by atoms with Gasteiger partial charge in [-0.25, -0.2) is 9.78 Å². The third-order valence-electron chi connectivity index (χ3n) is 2.73. The molecule has 0 aliphatic rings. The molecule has 3 rings (SSSR count). The predicted molar refractivity (Wildman–Crippen MR) is 69.3 cm³/mol. The topological polar surface area (TPSA) is 54.6 Å². The second-order valence-electron chi connectivity index (χ2n) is 3.90. The Morgan fingerprint density at radius 3 is 2.94 bits per heavy atom. The molecule has 0 saturated carbocycles. The average Bonchev–Trinajstić information content (AvgIpc) is 2.95. The smallest absolute Gasteiger partial charge is 0.354 e. The molecule has 90 valence electrons. The molecule has 18 heavy (non-hydrogen) atoms. The Hall–Kier alpha value is -2.14. The van der Waals surface area contributed by atoms with E-state index in [9.17, 15) is 9.90 Å². The second-order valence-corrected chi connectivity index (χ2v) is 4.93. The lowest BCUT2D eigenvalue weighted by atomic mass is 10.2. The highest BCUT2D eigenvalue weighted by molar-refractivity contribution is 7.09. The quantitative estimate of drug-likeness (QED) is 0.785. The van der Waals surface area contributed by atoms with Crippen LogP contribution in [0.2, 0.25) is 0 Å². The molecule has 0 unspecified atom stereocenters. The summed E-state index contributed by atoms with van der Waals surface area (Å²) in [4.78, 5) is 16.9. The largest absolute Gasteiger partial charge is 0.477 e. The summed E-state index contributed by atoms with van der Waals surface area (Å²) >= 11 is 1.61. The van der Waals surface area contributed by atoms with Gasteiger partial charge in [-0.05, 0) is 23.6 Å². The van der Waals surface area contributed by atoms with Crippen LogP contribution in [0.1, 0.15) is 21.1 Å². The van der Waals surface area contributed by atoms with E-state index in [1.807, 2.05) is 29.6 Å². The summed E-state index contributed by atoms with van der Waals surface area (Å²) in [5.74, 6) is -0.944. The monoisotopic (exact) mass is 258 g/mol. The zero-order valence-corrected chi connectivity index (χ0v) is 10.2. The van der Waals surface area contributed by atoms with Gasteiger partial charge < -0.3 is 5.11 Å². The third-order valence-corrected chi connectivity index (χ3v) is 3.60. The fraction of sp³-hybridized carbons (Fsp3) is 0.0769. The van der Waals surface area contributed by atoms with Gasteiger partial charge in [0.05, 0.1) is 5.69 Å². The normalized spacial score (nSPS) is 10.9. The fourth-order valence-electron chi connectivity index (χ4n) is 1.97. The zero-order valence-electron chi connectivity index (χ0n) is 9.41. The molecule has 0 bridgehead atoms. The van der Waals surface area contributed by atoms with E-state index in [-0.39, 0.29) is 5.69 Å². The summed E-state index contributed by atoms with van der Waals surface area (Å²) in [7, 11) is 0. The van der Waals surface area contributed by atoms with Crippen LogP contribution in [0.25, 0.3) is 5.65 Å². The molecule has 3 aromatic heterocycles. The van der Waals surface area contributed by atoms with E-state index < -0.39 is 5.97 Å².